The molecule has 1 fully saturated rings. The maximum Gasteiger partial charge on any atom is 0.223 e. The molecule has 102 valence electrons. The lowest BCUT2D eigenvalue weighted by Gasteiger charge is -2.31. The highest BCUT2D eigenvalue weighted by molar-refractivity contribution is 4.89. The Morgan fingerprint density at radius 2 is 2.06 bits per heavy atom. The molecule has 0 radical (unpaired) electrons. The quantitative estimate of drug-likeness (QED) is 0.844. The van der Waals surface area contributed by atoms with Crippen LogP contribution in [0.15, 0.2) is 4.52 Å². The van der Waals surface area contributed by atoms with E-state index in [0.717, 1.165) is 24.8 Å². The highest BCUT2D eigenvalue weighted by Gasteiger charge is 2.33. The lowest BCUT2D eigenvalue weighted by molar-refractivity contribution is 0.222. The molecule has 4 nitrogen and oxygen atoms in total. The van der Waals surface area contributed by atoms with E-state index in [-0.39, 0.29) is 0 Å². The third kappa shape index (κ3) is 3.55. The van der Waals surface area contributed by atoms with E-state index in [4.69, 9.17) is 4.52 Å². The molecule has 1 aliphatic carbocycles. The van der Waals surface area contributed by atoms with Gasteiger partial charge in [0.2, 0.25) is 5.89 Å². The molecule has 2 rings (SSSR count). The van der Waals surface area contributed by atoms with Crippen molar-refractivity contribution in [2.45, 2.75) is 59.4 Å². The predicted molar refractivity (Wildman–Crippen MR) is 71.1 cm³/mol. The van der Waals surface area contributed by atoms with Gasteiger partial charge in [-0.1, -0.05) is 31.8 Å². The molecule has 1 aliphatic rings. The van der Waals surface area contributed by atoms with Crippen molar-refractivity contribution in [1.82, 2.24) is 15.5 Å². The van der Waals surface area contributed by atoms with Crippen LogP contribution in [-0.2, 0) is 6.54 Å². The number of aryl methyl sites for hydroxylation is 1. The molecule has 0 unspecified atom stereocenters. The fourth-order valence-electron chi connectivity index (χ4n) is 3.30. The minimum Gasteiger partial charge on any atom is -0.340 e. The van der Waals surface area contributed by atoms with Crippen LogP contribution < -0.4 is 5.32 Å². The summed E-state index contributed by atoms with van der Waals surface area (Å²) in [6.45, 7) is 8.27. The van der Waals surface area contributed by atoms with E-state index in [0.29, 0.717) is 11.3 Å². The summed E-state index contributed by atoms with van der Waals surface area (Å²) in [5.41, 5.74) is 0.507. The normalized spacial score (nSPS) is 18.7. The molecule has 0 amide bonds. The van der Waals surface area contributed by atoms with Crippen molar-refractivity contribution in [3.63, 3.8) is 0 Å². The fraction of sp³-hybridized carbons (Fsp3) is 0.857. The zero-order chi connectivity index (χ0) is 13.0. The molecule has 4 heteroatoms. The first-order valence-electron chi connectivity index (χ1n) is 7.10. The Hall–Kier alpha value is -0.900. The lowest BCUT2D eigenvalue weighted by atomic mass is 9.78. The van der Waals surface area contributed by atoms with Crippen molar-refractivity contribution in [3.05, 3.63) is 11.7 Å². The molecule has 0 spiro atoms. The van der Waals surface area contributed by atoms with E-state index in [1.54, 1.807) is 0 Å². The minimum atomic E-state index is 0.507. The molecule has 1 aromatic heterocycles. The van der Waals surface area contributed by atoms with Crippen LogP contribution in [0.3, 0.4) is 0 Å². The Kier molecular flexibility index (Phi) is 4.38. The number of nitrogens with zero attached hydrogens (tertiary/aromatic N) is 2. The highest BCUT2D eigenvalue weighted by atomic mass is 16.5. The largest absolute Gasteiger partial charge is 0.340 e. The Morgan fingerprint density at radius 1 is 1.33 bits per heavy atom. The van der Waals surface area contributed by atoms with Gasteiger partial charge in [0.05, 0.1) is 6.54 Å². The van der Waals surface area contributed by atoms with E-state index in [1.807, 2.05) is 6.92 Å². The third-order valence-electron chi connectivity index (χ3n) is 3.86. The number of rotatable bonds is 6. The van der Waals surface area contributed by atoms with Gasteiger partial charge in [-0.15, -0.1) is 0 Å². The van der Waals surface area contributed by atoms with E-state index in [2.05, 4.69) is 29.3 Å². The van der Waals surface area contributed by atoms with E-state index < -0.39 is 0 Å². The van der Waals surface area contributed by atoms with E-state index in [1.165, 1.54) is 32.1 Å². The summed E-state index contributed by atoms with van der Waals surface area (Å²) < 4.78 is 4.98. The molecule has 0 aromatic carbocycles. The van der Waals surface area contributed by atoms with Crippen LogP contribution in [0.25, 0.3) is 0 Å². The molecule has 0 aliphatic heterocycles. The van der Waals surface area contributed by atoms with E-state index in [9.17, 15) is 0 Å². The molecule has 0 saturated heterocycles. The number of nitrogens with one attached hydrogen (secondary N) is 1. The van der Waals surface area contributed by atoms with Gasteiger partial charge in [0, 0.05) is 13.5 Å². The van der Waals surface area contributed by atoms with Crippen LogP contribution in [0.2, 0.25) is 0 Å². The summed E-state index contributed by atoms with van der Waals surface area (Å²) in [7, 11) is 0. The van der Waals surface area contributed by atoms with Gasteiger partial charge in [-0.05, 0) is 30.6 Å². The maximum atomic E-state index is 4.98. The van der Waals surface area contributed by atoms with Crippen LogP contribution in [-0.4, -0.2) is 16.7 Å². The number of hydrogen-bond acceptors (Lipinski definition) is 4. The van der Waals surface area contributed by atoms with Crippen molar-refractivity contribution < 1.29 is 4.52 Å². The molecule has 0 atom stereocenters. The molecule has 1 N–H and O–H groups in total. The van der Waals surface area contributed by atoms with Crippen LogP contribution in [0.4, 0.5) is 0 Å². The highest BCUT2D eigenvalue weighted by Crippen LogP contribution is 2.42. The van der Waals surface area contributed by atoms with Gasteiger partial charge in [0.15, 0.2) is 5.82 Å². The molecule has 18 heavy (non-hydrogen) atoms. The average Bonchev–Trinajstić information content (AvgIpc) is 2.88. The summed E-state index contributed by atoms with van der Waals surface area (Å²) in [5, 5.41) is 7.43. The van der Waals surface area contributed by atoms with Crippen molar-refractivity contribution in [1.29, 1.82) is 0 Å². The smallest absolute Gasteiger partial charge is 0.223 e. The minimum absolute atomic E-state index is 0.507. The van der Waals surface area contributed by atoms with Crippen LogP contribution in [0.5, 0.6) is 0 Å². The maximum absolute atomic E-state index is 4.98. The Labute approximate surface area is 110 Å². The first-order chi connectivity index (χ1) is 8.60. The van der Waals surface area contributed by atoms with Gasteiger partial charge in [-0.3, -0.25) is 0 Å². The van der Waals surface area contributed by atoms with Gasteiger partial charge in [-0.2, -0.15) is 4.98 Å². The molecule has 1 aromatic rings. The Morgan fingerprint density at radius 3 is 2.61 bits per heavy atom. The van der Waals surface area contributed by atoms with Gasteiger partial charge in [-0.25, -0.2) is 0 Å². The lowest BCUT2D eigenvalue weighted by Crippen LogP contribution is -2.33. The van der Waals surface area contributed by atoms with Crippen molar-refractivity contribution in [3.8, 4) is 0 Å². The first kappa shape index (κ1) is 13.5. The second-order valence-corrected chi connectivity index (χ2v) is 6.14. The number of hydrogen-bond donors (Lipinski definition) is 1. The zero-order valence-corrected chi connectivity index (χ0v) is 11.8. The predicted octanol–water partition coefficient (Wildman–Crippen LogP) is 3.07. The molecule has 1 heterocycles. The average molecular weight is 251 g/mol. The zero-order valence-electron chi connectivity index (χ0n) is 11.8. The molecule has 1 saturated carbocycles. The van der Waals surface area contributed by atoms with Gasteiger partial charge >= 0.3 is 0 Å². The topological polar surface area (TPSA) is 51.0 Å². The summed E-state index contributed by atoms with van der Waals surface area (Å²) >= 11 is 0. The first-order valence-corrected chi connectivity index (χ1v) is 7.10. The van der Waals surface area contributed by atoms with Crippen LogP contribution in [0, 0.1) is 18.3 Å². The summed E-state index contributed by atoms with van der Waals surface area (Å²) in [4.78, 5) is 4.22. The van der Waals surface area contributed by atoms with E-state index >= 15 is 0 Å². The van der Waals surface area contributed by atoms with Crippen molar-refractivity contribution in [2.24, 2.45) is 11.3 Å². The second-order valence-electron chi connectivity index (χ2n) is 6.14. The Balaban J connectivity index is 1.82. The number of aromatic nitrogens is 2. The van der Waals surface area contributed by atoms with Crippen molar-refractivity contribution in [2.75, 3.05) is 6.54 Å². The van der Waals surface area contributed by atoms with Gasteiger partial charge in [0.25, 0.3) is 0 Å². The third-order valence-corrected chi connectivity index (χ3v) is 3.86. The summed E-state index contributed by atoms with van der Waals surface area (Å²) in [6, 6.07) is 0. The molecular weight excluding hydrogens is 226 g/mol. The van der Waals surface area contributed by atoms with Crippen molar-refractivity contribution >= 4 is 0 Å². The molecular formula is C14H25N3O. The standard InChI is InChI=1S/C14H25N3O/c1-11(2)8-14(6-4-5-7-14)10-15-9-13-16-12(3)18-17-13/h11,15H,4-10H2,1-3H3. The van der Waals surface area contributed by atoms with Gasteiger partial charge < -0.3 is 9.84 Å². The summed E-state index contributed by atoms with van der Waals surface area (Å²) in [6.07, 6.45) is 6.82. The Bertz CT molecular complexity index is 367. The molecule has 0 bridgehead atoms. The SMILES string of the molecule is Cc1nc(CNCC2(CC(C)C)CCCC2)no1. The van der Waals surface area contributed by atoms with Crippen LogP contribution >= 0.6 is 0 Å². The fourth-order valence-corrected chi connectivity index (χ4v) is 3.30. The monoisotopic (exact) mass is 251 g/mol. The van der Waals surface area contributed by atoms with Gasteiger partial charge in [0.1, 0.15) is 0 Å². The van der Waals surface area contributed by atoms with Crippen LogP contribution in [0.1, 0.15) is 57.7 Å². The summed E-state index contributed by atoms with van der Waals surface area (Å²) in [5.74, 6) is 2.19. The second kappa shape index (κ2) is 5.83.